The number of ether oxygens (including phenoxy) is 1. The second-order valence-electron chi connectivity index (χ2n) is 8.51. The Morgan fingerprint density at radius 1 is 1.21 bits per heavy atom. The van der Waals surface area contributed by atoms with Gasteiger partial charge in [0.2, 0.25) is 5.76 Å². The van der Waals surface area contributed by atoms with E-state index < -0.39 is 16.1 Å². The van der Waals surface area contributed by atoms with Gasteiger partial charge in [-0.15, -0.1) is 0 Å². The van der Waals surface area contributed by atoms with Crippen molar-refractivity contribution in [3.05, 3.63) is 40.7 Å². The van der Waals surface area contributed by atoms with Crippen LogP contribution >= 0.6 is 11.6 Å². The van der Waals surface area contributed by atoms with Crippen LogP contribution in [-0.2, 0) is 19.7 Å². The normalized spacial score (nSPS) is 18.8. The molecule has 1 saturated heterocycles. The molecule has 0 atom stereocenters. The number of carbonyl (C=O) groups excluding carboxylic acids is 1. The fourth-order valence-corrected chi connectivity index (χ4v) is 5.58. The van der Waals surface area contributed by atoms with Crippen LogP contribution in [0.5, 0.6) is 0 Å². The molecule has 0 spiro atoms. The van der Waals surface area contributed by atoms with Gasteiger partial charge < -0.3 is 20.4 Å². The SMILES string of the molecule is CC(C)NS(=O)(=O)N1CCN(/C(C=N)=C(\OC2CCCC2)C(=O)Nc2cccc(Cl)c2)CC1. The molecule has 1 aromatic carbocycles. The summed E-state index contributed by atoms with van der Waals surface area (Å²) in [4.78, 5) is 15.0. The van der Waals surface area contributed by atoms with Crippen molar-refractivity contribution in [2.24, 2.45) is 0 Å². The van der Waals surface area contributed by atoms with E-state index in [0.717, 1.165) is 31.9 Å². The summed E-state index contributed by atoms with van der Waals surface area (Å²) in [5, 5.41) is 11.3. The first kappa shape index (κ1) is 25.5. The van der Waals surface area contributed by atoms with Crippen molar-refractivity contribution < 1.29 is 17.9 Å². The molecule has 1 aliphatic carbocycles. The fraction of sp³-hybridized carbons (Fsp3) is 0.545. The summed E-state index contributed by atoms with van der Waals surface area (Å²) in [6, 6.07) is 6.62. The average molecular weight is 498 g/mol. The average Bonchev–Trinajstić information content (AvgIpc) is 3.26. The summed E-state index contributed by atoms with van der Waals surface area (Å²) < 4.78 is 35.1. The lowest BCUT2D eigenvalue weighted by molar-refractivity contribution is -0.117. The Kier molecular flexibility index (Phi) is 8.75. The minimum absolute atomic E-state index is 0.0773. The van der Waals surface area contributed by atoms with E-state index in [-0.39, 0.29) is 31.0 Å². The maximum atomic E-state index is 13.2. The van der Waals surface area contributed by atoms with Crippen molar-refractivity contribution in [2.45, 2.75) is 51.7 Å². The smallest absolute Gasteiger partial charge is 0.293 e. The number of rotatable bonds is 9. The third kappa shape index (κ3) is 6.92. The molecule has 1 saturated carbocycles. The van der Waals surface area contributed by atoms with E-state index in [4.69, 9.17) is 21.7 Å². The van der Waals surface area contributed by atoms with Crippen LogP contribution in [0, 0.1) is 5.41 Å². The molecule has 3 rings (SSSR count). The predicted octanol–water partition coefficient (Wildman–Crippen LogP) is 2.96. The lowest BCUT2D eigenvalue weighted by Crippen LogP contribution is -2.53. The molecule has 33 heavy (non-hydrogen) atoms. The highest BCUT2D eigenvalue weighted by Gasteiger charge is 2.31. The number of hydrogen-bond donors (Lipinski definition) is 3. The molecule has 9 nitrogen and oxygen atoms in total. The second kappa shape index (κ2) is 11.3. The summed E-state index contributed by atoms with van der Waals surface area (Å²) in [6.45, 7) is 4.71. The highest BCUT2D eigenvalue weighted by atomic mass is 35.5. The lowest BCUT2D eigenvalue weighted by Gasteiger charge is -2.36. The van der Waals surface area contributed by atoms with Gasteiger partial charge in [0.1, 0.15) is 5.70 Å². The van der Waals surface area contributed by atoms with E-state index in [2.05, 4.69) is 10.0 Å². The standard InChI is InChI=1S/C22H32ClN5O4S/c1-16(2)26-33(30,31)28-12-10-27(11-13-28)20(15-24)21(32-19-8-3-4-9-19)22(29)25-18-7-5-6-17(23)14-18/h5-7,14-16,19,24,26H,3-4,8-13H2,1-2H3,(H,25,29)/b21-20-,24-15?. The van der Waals surface area contributed by atoms with Gasteiger partial charge in [-0.3, -0.25) is 4.79 Å². The molecule has 1 heterocycles. The van der Waals surface area contributed by atoms with Crippen LogP contribution in [0.1, 0.15) is 39.5 Å². The number of allylic oxidation sites excluding steroid dienone is 1. The van der Waals surface area contributed by atoms with E-state index in [1.54, 1.807) is 38.1 Å². The van der Waals surface area contributed by atoms with Gasteiger partial charge in [0.25, 0.3) is 16.1 Å². The molecular weight excluding hydrogens is 466 g/mol. The topological polar surface area (TPSA) is 115 Å². The first-order valence-electron chi connectivity index (χ1n) is 11.2. The summed E-state index contributed by atoms with van der Waals surface area (Å²) in [6.07, 6.45) is 4.80. The Bertz CT molecular complexity index is 984. The molecule has 182 valence electrons. The molecule has 11 heteroatoms. The van der Waals surface area contributed by atoms with E-state index in [1.165, 1.54) is 4.31 Å². The highest BCUT2D eigenvalue weighted by molar-refractivity contribution is 7.87. The maximum Gasteiger partial charge on any atom is 0.293 e. The maximum absolute atomic E-state index is 13.2. The van der Waals surface area contributed by atoms with Gasteiger partial charge in [0.15, 0.2) is 0 Å². The van der Waals surface area contributed by atoms with Gasteiger partial charge in [-0.05, 0) is 57.7 Å². The van der Waals surface area contributed by atoms with E-state index in [0.29, 0.717) is 29.5 Å². The van der Waals surface area contributed by atoms with Crippen molar-refractivity contribution in [2.75, 3.05) is 31.5 Å². The quantitative estimate of drug-likeness (QED) is 0.275. The molecule has 1 amide bonds. The first-order valence-corrected chi connectivity index (χ1v) is 13.0. The number of nitrogens with one attached hydrogen (secondary N) is 3. The van der Waals surface area contributed by atoms with E-state index >= 15 is 0 Å². The fourth-order valence-electron chi connectivity index (χ4n) is 4.00. The second-order valence-corrected chi connectivity index (χ2v) is 10.6. The Morgan fingerprint density at radius 3 is 2.45 bits per heavy atom. The third-order valence-corrected chi connectivity index (χ3v) is 7.60. The highest BCUT2D eigenvalue weighted by Crippen LogP contribution is 2.26. The van der Waals surface area contributed by atoms with Crippen LogP contribution < -0.4 is 10.0 Å². The Labute approximate surface area is 200 Å². The minimum Gasteiger partial charge on any atom is -0.483 e. The number of benzene rings is 1. The van der Waals surface area contributed by atoms with Crippen LogP contribution in [0.4, 0.5) is 5.69 Å². The summed E-state index contributed by atoms with van der Waals surface area (Å²) in [5.74, 6) is -0.382. The van der Waals surface area contributed by atoms with Crippen molar-refractivity contribution in [3.63, 3.8) is 0 Å². The number of halogens is 1. The molecule has 0 bridgehead atoms. The zero-order valence-electron chi connectivity index (χ0n) is 19.0. The minimum atomic E-state index is -3.58. The van der Waals surface area contributed by atoms with Gasteiger partial charge >= 0.3 is 0 Å². The molecule has 2 aliphatic rings. The van der Waals surface area contributed by atoms with Crippen LogP contribution in [0.2, 0.25) is 5.02 Å². The molecule has 0 radical (unpaired) electrons. The molecule has 3 N–H and O–H groups in total. The van der Waals surface area contributed by atoms with Gasteiger partial charge in [-0.1, -0.05) is 17.7 Å². The number of piperazine rings is 1. The van der Waals surface area contributed by atoms with Crippen LogP contribution in [0.15, 0.2) is 35.7 Å². The molecular formula is C22H32ClN5O4S. The van der Waals surface area contributed by atoms with E-state index in [1.807, 2.05) is 4.90 Å². The molecule has 1 aromatic rings. The predicted molar refractivity (Wildman–Crippen MR) is 130 cm³/mol. The molecule has 0 aromatic heterocycles. The molecule has 1 aliphatic heterocycles. The van der Waals surface area contributed by atoms with Crippen molar-refractivity contribution in [3.8, 4) is 0 Å². The molecule has 2 fully saturated rings. The van der Waals surface area contributed by atoms with Gasteiger partial charge in [0.05, 0.1) is 6.10 Å². The zero-order valence-corrected chi connectivity index (χ0v) is 20.6. The first-order chi connectivity index (χ1) is 15.7. The number of nitrogens with zero attached hydrogens (tertiary/aromatic N) is 2. The van der Waals surface area contributed by atoms with Crippen LogP contribution in [0.25, 0.3) is 0 Å². The van der Waals surface area contributed by atoms with Gasteiger partial charge in [0, 0.05) is 49.1 Å². The van der Waals surface area contributed by atoms with Crippen LogP contribution in [0.3, 0.4) is 0 Å². The van der Waals surface area contributed by atoms with E-state index in [9.17, 15) is 13.2 Å². The van der Waals surface area contributed by atoms with Crippen molar-refractivity contribution >= 4 is 39.6 Å². The van der Waals surface area contributed by atoms with Gasteiger partial charge in [-0.2, -0.15) is 17.4 Å². The summed E-state index contributed by atoms with van der Waals surface area (Å²) in [7, 11) is -3.58. The van der Waals surface area contributed by atoms with Crippen molar-refractivity contribution in [1.29, 1.82) is 5.41 Å². The zero-order chi connectivity index (χ0) is 24.0. The third-order valence-electron chi connectivity index (χ3n) is 5.55. The van der Waals surface area contributed by atoms with Crippen molar-refractivity contribution in [1.82, 2.24) is 13.9 Å². The summed E-state index contributed by atoms with van der Waals surface area (Å²) >= 11 is 6.04. The Morgan fingerprint density at radius 2 is 1.88 bits per heavy atom. The van der Waals surface area contributed by atoms with Crippen LogP contribution in [-0.4, -0.2) is 68.1 Å². The Balaban J connectivity index is 1.81. The summed E-state index contributed by atoms with van der Waals surface area (Å²) in [5.41, 5.74) is 0.871. The number of hydrogen-bond acceptors (Lipinski definition) is 6. The Hall–Kier alpha value is -2.14. The molecule has 0 unspecified atom stereocenters. The largest absolute Gasteiger partial charge is 0.483 e. The number of anilines is 1. The number of amides is 1. The van der Waals surface area contributed by atoms with Gasteiger partial charge in [-0.25, -0.2) is 0 Å². The monoisotopic (exact) mass is 497 g/mol. The lowest BCUT2D eigenvalue weighted by atomic mass is 10.2. The number of carbonyl (C=O) groups is 1.